The van der Waals surface area contributed by atoms with Gasteiger partial charge in [-0.1, -0.05) is 20.3 Å². The molecule has 2 amide bonds. The van der Waals surface area contributed by atoms with Crippen molar-refractivity contribution in [1.29, 1.82) is 0 Å². The minimum Gasteiger partial charge on any atom is -0.340 e. The maximum Gasteiger partial charge on any atom is 0.248 e. The van der Waals surface area contributed by atoms with E-state index in [1.54, 1.807) is 13.8 Å². The third-order valence-corrected chi connectivity index (χ3v) is 4.54. The zero-order valence-electron chi connectivity index (χ0n) is 12.0. The Kier molecular flexibility index (Phi) is 2.95. The minimum absolute atomic E-state index is 0.0395. The smallest absolute Gasteiger partial charge is 0.248 e. The quantitative estimate of drug-likeness (QED) is 0.772. The zero-order chi connectivity index (χ0) is 13.7. The Morgan fingerprint density at radius 2 is 1.83 bits per heavy atom. The molecule has 102 valence electrons. The first-order valence-corrected chi connectivity index (χ1v) is 6.81. The molecule has 1 aliphatic carbocycles. The highest BCUT2D eigenvalue weighted by Gasteiger charge is 2.50. The molecular formula is C14H24N2O2. The summed E-state index contributed by atoms with van der Waals surface area (Å²) < 4.78 is 0. The van der Waals surface area contributed by atoms with Crippen molar-refractivity contribution in [1.82, 2.24) is 10.2 Å². The fourth-order valence-corrected chi connectivity index (χ4v) is 3.33. The summed E-state index contributed by atoms with van der Waals surface area (Å²) >= 11 is 0. The highest BCUT2D eigenvalue weighted by molar-refractivity contribution is 5.99. The van der Waals surface area contributed by atoms with E-state index in [9.17, 15) is 9.59 Å². The molecule has 18 heavy (non-hydrogen) atoms. The average molecular weight is 252 g/mol. The van der Waals surface area contributed by atoms with Crippen LogP contribution in [0.1, 0.15) is 53.9 Å². The Bertz CT molecular complexity index is 387. The molecule has 0 radical (unpaired) electrons. The van der Waals surface area contributed by atoms with E-state index < -0.39 is 5.54 Å². The third kappa shape index (κ3) is 1.91. The fraction of sp³-hybridized carbons (Fsp3) is 0.857. The molecule has 1 saturated heterocycles. The van der Waals surface area contributed by atoms with Crippen LogP contribution in [0.3, 0.4) is 0 Å². The summed E-state index contributed by atoms with van der Waals surface area (Å²) in [6, 6.07) is -0.168. The number of carbonyl (C=O) groups excluding carboxylic acids is 2. The molecule has 2 atom stereocenters. The Hall–Kier alpha value is -1.06. The van der Waals surface area contributed by atoms with Crippen LogP contribution in [0.5, 0.6) is 0 Å². The Morgan fingerprint density at radius 3 is 2.33 bits per heavy atom. The highest BCUT2D eigenvalue weighted by atomic mass is 16.2. The molecule has 0 spiro atoms. The van der Waals surface area contributed by atoms with Gasteiger partial charge in [-0.3, -0.25) is 9.59 Å². The second-order valence-corrected chi connectivity index (χ2v) is 6.90. The number of amides is 2. The summed E-state index contributed by atoms with van der Waals surface area (Å²) in [4.78, 5) is 26.5. The van der Waals surface area contributed by atoms with Crippen LogP contribution in [0.25, 0.3) is 0 Å². The second-order valence-electron chi connectivity index (χ2n) is 6.90. The molecular weight excluding hydrogens is 228 g/mol. The number of carbonyl (C=O) groups is 2. The molecule has 4 heteroatoms. The summed E-state index contributed by atoms with van der Waals surface area (Å²) in [5.74, 6) is 0.0110. The Labute approximate surface area is 109 Å². The van der Waals surface area contributed by atoms with Gasteiger partial charge in [-0.05, 0) is 39.0 Å². The van der Waals surface area contributed by atoms with Crippen LogP contribution >= 0.6 is 0 Å². The van der Waals surface area contributed by atoms with Crippen molar-refractivity contribution in [3.8, 4) is 0 Å². The molecule has 0 bridgehead atoms. The number of rotatable bonds is 1. The van der Waals surface area contributed by atoms with Gasteiger partial charge in [-0.15, -0.1) is 0 Å². The summed E-state index contributed by atoms with van der Waals surface area (Å²) in [5, 5.41) is 2.81. The topological polar surface area (TPSA) is 49.4 Å². The van der Waals surface area contributed by atoms with E-state index in [0.29, 0.717) is 0 Å². The molecule has 1 N–H and O–H groups in total. The van der Waals surface area contributed by atoms with E-state index >= 15 is 0 Å². The highest BCUT2D eigenvalue weighted by Crippen LogP contribution is 2.42. The van der Waals surface area contributed by atoms with E-state index in [0.717, 1.165) is 19.3 Å². The summed E-state index contributed by atoms with van der Waals surface area (Å²) in [6.07, 6.45) is 3.26. The summed E-state index contributed by atoms with van der Waals surface area (Å²) in [6.45, 7) is 9.80. The van der Waals surface area contributed by atoms with Gasteiger partial charge < -0.3 is 10.2 Å². The zero-order valence-corrected chi connectivity index (χ0v) is 12.0. The van der Waals surface area contributed by atoms with Gasteiger partial charge in [-0.2, -0.15) is 0 Å². The molecule has 1 heterocycles. The van der Waals surface area contributed by atoms with Crippen molar-refractivity contribution in [3.05, 3.63) is 0 Å². The number of piperazine rings is 1. The predicted molar refractivity (Wildman–Crippen MR) is 69.9 cm³/mol. The fourth-order valence-electron chi connectivity index (χ4n) is 3.33. The van der Waals surface area contributed by atoms with Crippen LogP contribution in [-0.4, -0.2) is 34.3 Å². The second kappa shape index (κ2) is 3.97. The summed E-state index contributed by atoms with van der Waals surface area (Å²) in [7, 11) is 0. The van der Waals surface area contributed by atoms with Crippen LogP contribution in [0.2, 0.25) is 0 Å². The molecule has 0 aromatic heterocycles. The van der Waals surface area contributed by atoms with Gasteiger partial charge in [0.25, 0.3) is 0 Å². The maximum atomic E-state index is 12.6. The van der Waals surface area contributed by atoms with Crippen molar-refractivity contribution in [2.24, 2.45) is 5.41 Å². The molecule has 2 rings (SSSR count). The van der Waals surface area contributed by atoms with E-state index in [4.69, 9.17) is 0 Å². The standard InChI is InChI=1S/C14H24N2O2/c1-9-11(17)15-14(4,5)12(18)16(9)10-7-6-8-13(10,2)3/h9-10H,6-8H2,1-5H3,(H,15,17). The van der Waals surface area contributed by atoms with Crippen LogP contribution < -0.4 is 5.32 Å². The Morgan fingerprint density at radius 1 is 1.22 bits per heavy atom. The van der Waals surface area contributed by atoms with Crippen molar-refractivity contribution < 1.29 is 9.59 Å². The van der Waals surface area contributed by atoms with Crippen LogP contribution in [0, 0.1) is 5.41 Å². The van der Waals surface area contributed by atoms with Gasteiger partial charge in [0.05, 0.1) is 0 Å². The average Bonchev–Trinajstić information content (AvgIpc) is 2.56. The number of nitrogens with zero attached hydrogens (tertiary/aromatic N) is 1. The van der Waals surface area contributed by atoms with Gasteiger partial charge in [0.2, 0.25) is 11.8 Å². The number of hydrogen-bond donors (Lipinski definition) is 1. The van der Waals surface area contributed by atoms with E-state index in [2.05, 4.69) is 19.2 Å². The van der Waals surface area contributed by atoms with Crippen molar-refractivity contribution in [2.45, 2.75) is 71.5 Å². The van der Waals surface area contributed by atoms with Crippen molar-refractivity contribution in [3.63, 3.8) is 0 Å². The molecule has 2 aliphatic rings. The molecule has 1 saturated carbocycles. The van der Waals surface area contributed by atoms with Crippen molar-refractivity contribution in [2.75, 3.05) is 0 Å². The van der Waals surface area contributed by atoms with Crippen LogP contribution in [-0.2, 0) is 9.59 Å². The molecule has 0 aromatic carbocycles. The largest absolute Gasteiger partial charge is 0.340 e. The third-order valence-electron chi connectivity index (χ3n) is 4.54. The van der Waals surface area contributed by atoms with Crippen LogP contribution in [0.15, 0.2) is 0 Å². The molecule has 2 fully saturated rings. The first-order valence-electron chi connectivity index (χ1n) is 6.81. The van der Waals surface area contributed by atoms with Crippen LogP contribution in [0.4, 0.5) is 0 Å². The van der Waals surface area contributed by atoms with E-state index in [1.807, 2.05) is 11.8 Å². The van der Waals surface area contributed by atoms with E-state index in [1.165, 1.54) is 0 Å². The monoisotopic (exact) mass is 252 g/mol. The lowest BCUT2D eigenvalue weighted by molar-refractivity contribution is -0.157. The molecule has 1 aliphatic heterocycles. The number of hydrogen-bond acceptors (Lipinski definition) is 2. The summed E-state index contributed by atoms with van der Waals surface area (Å²) in [5.41, 5.74) is -0.667. The van der Waals surface area contributed by atoms with Gasteiger partial charge >= 0.3 is 0 Å². The maximum absolute atomic E-state index is 12.6. The molecule has 2 unspecified atom stereocenters. The number of nitrogens with one attached hydrogen (secondary N) is 1. The van der Waals surface area contributed by atoms with Gasteiger partial charge in [0.15, 0.2) is 0 Å². The molecule has 4 nitrogen and oxygen atoms in total. The lowest BCUT2D eigenvalue weighted by Crippen LogP contribution is -2.70. The lowest BCUT2D eigenvalue weighted by atomic mass is 9.83. The Balaban J connectivity index is 2.35. The normalized spacial score (nSPS) is 34.6. The lowest BCUT2D eigenvalue weighted by Gasteiger charge is -2.48. The minimum atomic E-state index is -0.776. The first-order chi connectivity index (χ1) is 8.17. The van der Waals surface area contributed by atoms with Gasteiger partial charge in [0, 0.05) is 6.04 Å². The molecule has 0 aromatic rings. The van der Waals surface area contributed by atoms with E-state index in [-0.39, 0.29) is 29.3 Å². The first kappa shape index (κ1) is 13.4. The van der Waals surface area contributed by atoms with Gasteiger partial charge in [-0.25, -0.2) is 0 Å². The predicted octanol–water partition coefficient (Wildman–Crippen LogP) is 1.69. The van der Waals surface area contributed by atoms with Gasteiger partial charge in [0.1, 0.15) is 11.6 Å². The van der Waals surface area contributed by atoms with Crippen molar-refractivity contribution >= 4 is 11.8 Å². The SMILES string of the molecule is CC1C(=O)NC(C)(C)C(=O)N1C1CCCC1(C)C.